The number of rotatable bonds is 7. The molecule has 5 rings (SSSR count). The maximum Gasteiger partial charge on any atom is 0.410 e. The molecule has 2 atom stereocenters. The number of methoxy groups -OCH3 is 1. The van der Waals surface area contributed by atoms with Gasteiger partial charge in [-0.05, 0) is 24.1 Å². The number of cyclic esters (lactones) is 1. The summed E-state index contributed by atoms with van der Waals surface area (Å²) in [6.07, 6.45) is 4.61. The molecule has 2 aromatic rings. The molecular weight excluding hydrogens is 588 g/mol. The molecule has 3 aliphatic rings. The molecule has 15 heteroatoms. The minimum atomic E-state index is -0.501. The number of fused-ring (bicyclic) bond motifs is 4. The lowest BCUT2D eigenvalue weighted by Gasteiger charge is -2.25. The van der Waals surface area contributed by atoms with E-state index in [0.717, 1.165) is 17.8 Å². The Hall–Kier alpha value is -4.82. The van der Waals surface area contributed by atoms with Gasteiger partial charge in [-0.25, -0.2) is 9.78 Å². The number of ether oxygens (including phenoxy) is 3. The van der Waals surface area contributed by atoms with Gasteiger partial charge in [0, 0.05) is 57.3 Å². The van der Waals surface area contributed by atoms with Crippen LogP contribution in [-0.4, -0.2) is 125 Å². The highest BCUT2D eigenvalue weighted by atomic mass is 16.6. The lowest BCUT2D eigenvalue weighted by molar-refractivity contribution is -0.136. The lowest BCUT2D eigenvalue weighted by Crippen LogP contribution is -2.47. The monoisotopic (exact) mass is 628 g/mol. The highest BCUT2D eigenvalue weighted by Crippen LogP contribution is 2.35. The third-order valence-corrected chi connectivity index (χ3v) is 8.01. The summed E-state index contributed by atoms with van der Waals surface area (Å²) in [4.78, 5) is 69.0. The van der Waals surface area contributed by atoms with Gasteiger partial charge in [-0.1, -0.05) is 13.0 Å². The summed E-state index contributed by atoms with van der Waals surface area (Å²) < 4.78 is 18.5. The van der Waals surface area contributed by atoms with Gasteiger partial charge in [-0.15, -0.1) is 0 Å². The van der Waals surface area contributed by atoms with Crippen LogP contribution in [0.1, 0.15) is 37.1 Å². The number of benzene rings is 1. The van der Waals surface area contributed by atoms with Gasteiger partial charge in [0.25, 0.3) is 6.47 Å². The van der Waals surface area contributed by atoms with Gasteiger partial charge in [0.1, 0.15) is 19.0 Å². The van der Waals surface area contributed by atoms with Gasteiger partial charge in [0.05, 0.1) is 32.8 Å². The zero-order valence-corrected chi connectivity index (χ0v) is 25.6. The van der Waals surface area contributed by atoms with Gasteiger partial charge in [0.15, 0.2) is 11.5 Å². The van der Waals surface area contributed by atoms with E-state index in [0.29, 0.717) is 50.7 Å². The highest BCUT2D eigenvalue weighted by molar-refractivity contribution is 5.86. The van der Waals surface area contributed by atoms with E-state index >= 15 is 0 Å². The highest BCUT2D eigenvalue weighted by Gasteiger charge is 2.39. The molecular formula is C30H40N6O9. The molecule has 0 spiro atoms. The lowest BCUT2D eigenvalue weighted by atomic mass is 9.94. The van der Waals surface area contributed by atoms with E-state index in [2.05, 4.69) is 10.3 Å². The molecule has 0 saturated carbocycles. The fraction of sp³-hybridized carbons (Fsp3) is 0.533. The number of carboxylic acid groups (broad SMARTS) is 1. The first-order chi connectivity index (χ1) is 21.8. The summed E-state index contributed by atoms with van der Waals surface area (Å²) >= 11 is 0. The number of likely N-dealkylation sites (tertiary alicyclic amines) is 1. The average molecular weight is 629 g/mol. The van der Waals surface area contributed by atoms with Crippen molar-refractivity contribution in [2.24, 2.45) is 0 Å². The number of nitrogens with one attached hydrogen (secondary N) is 1. The number of carbonyl (C=O) groups is 5. The molecule has 2 bridgehead atoms. The largest absolute Gasteiger partial charge is 0.493 e. The van der Waals surface area contributed by atoms with Crippen LogP contribution >= 0.6 is 0 Å². The Balaban J connectivity index is 0.00000148. The second kappa shape index (κ2) is 15.8. The summed E-state index contributed by atoms with van der Waals surface area (Å²) in [5, 5.41) is 9.98. The Labute approximate surface area is 261 Å². The average Bonchev–Trinajstić information content (AvgIpc) is 3.77. The molecule has 0 unspecified atom stereocenters. The minimum absolute atomic E-state index is 0.0812. The van der Waals surface area contributed by atoms with Gasteiger partial charge in [-0.3, -0.25) is 24.1 Å². The van der Waals surface area contributed by atoms with E-state index in [1.165, 1.54) is 4.90 Å². The Morgan fingerprint density at radius 1 is 1.13 bits per heavy atom. The molecule has 2 fully saturated rings. The normalized spacial score (nSPS) is 19.8. The predicted molar refractivity (Wildman–Crippen MR) is 159 cm³/mol. The fourth-order valence-electron chi connectivity index (χ4n) is 5.75. The van der Waals surface area contributed by atoms with E-state index in [1.54, 1.807) is 23.1 Å². The van der Waals surface area contributed by atoms with Gasteiger partial charge >= 0.3 is 6.09 Å². The van der Waals surface area contributed by atoms with Crippen LogP contribution in [0.2, 0.25) is 0 Å². The summed E-state index contributed by atoms with van der Waals surface area (Å²) in [6.45, 7) is 4.00. The predicted octanol–water partition coefficient (Wildman–Crippen LogP) is 0.719. The van der Waals surface area contributed by atoms with Crippen LogP contribution in [0, 0.1) is 0 Å². The number of imidazole rings is 1. The summed E-state index contributed by atoms with van der Waals surface area (Å²) in [6, 6.07) is 5.23. The minimum Gasteiger partial charge on any atom is -0.493 e. The van der Waals surface area contributed by atoms with Gasteiger partial charge in [0.2, 0.25) is 17.7 Å². The number of aromatic nitrogens is 2. The Morgan fingerprint density at radius 3 is 2.64 bits per heavy atom. The number of hydrogen-bond acceptors (Lipinski definition) is 9. The molecule has 3 aliphatic heterocycles. The van der Waals surface area contributed by atoms with Crippen LogP contribution in [0.25, 0.3) is 0 Å². The Bertz CT molecular complexity index is 1370. The molecule has 0 aliphatic carbocycles. The zero-order valence-electron chi connectivity index (χ0n) is 25.6. The van der Waals surface area contributed by atoms with Crippen LogP contribution < -0.4 is 14.8 Å². The van der Waals surface area contributed by atoms with E-state index in [9.17, 15) is 19.2 Å². The molecule has 45 heavy (non-hydrogen) atoms. The van der Waals surface area contributed by atoms with Crippen molar-refractivity contribution in [3.63, 3.8) is 0 Å². The molecule has 2 N–H and O–H groups in total. The molecule has 4 amide bonds. The molecule has 15 nitrogen and oxygen atoms in total. The number of amides is 4. The molecule has 1 aromatic carbocycles. The quantitative estimate of drug-likeness (QED) is 0.416. The van der Waals surface area contributed by atoms with Crippen molar-refractivity contribution in [1.82, 2.24) is 29.6 Å². The van der Waals surface area contributed by atoms with Crippen molar-refractivity contribution >= 4 is 30.3 Å². The number of carbonyl (C=O) groups excluding carboxylic acids is 4. The molecule has 0 radical (unpaired) electrons. The topological polar surface area (TPSA) is 173 Å². The summed E-state index contributed by atoms with van der Waals surface area (Å²) in [5.41, 5.74) is 0.895. The summed E-state index contributed by atoms with van der Waals surface area (Å²) in [5.74, 6) is 1.18. The molecule has 2 saturated heterocycles. The summed E-state index contributed by atoms with van der Waals surface area (Å²) in [7, 11) is 1.57. The van der Waals surface area contributed by atoms with E-state index in [4.69, 9.17) is 24.1 Å². The first-order valence-corrected chi connectivity index (χ1v) is 14.9. The second-order valence-electron chi connectivity index (χ2n) is 10.8. The van der Waals surface area contributed by atoms with Crippen LogP contribution in [0.4, 0.5) is 4.79 Å². The SMILES string of the molecule is CCc1nccn1CCC(=O)N1CCCOc2cc(ccc2OC)[C@H]2CN(C(=O)CN3CCOC3=O)C[C@@H]2NC(=O)C1.O=CO. The smallest absolute Gasteiger partial charge is 0.410 e. The van der Waals surface area contributed by atoms with Crippen LogP contribution in [0.15, 0.2) is 30.6 Å². The second-order valence-corrected chi connectivity index (χ2v) is 10.8. The first-order valence-electron chi connectivity index (χ1n) is 14.9. The van der Waals surface area contributed by atoms with E-state index in [1.807, 2.05) is 35.9 Å². The maximum atomic E-state index is 13.4. The van der Waals surface area contributed by atoms with Crippen molar-refractivity contribution in [1.29, 1.82) is 0 Å². The van der Waals surface area contributed by atoms with Crippen molar-refractivity contribution in [2.45, 2.75) is 44.7 Å². The van der Waals surface area contributed by atoms with Gasteiger partial charge < -0.3 is 39.0 Å². The van der Waals surface area contributed by atoms with Crippen LogP contribution in [-0.2, 0) is 36.9 Å². The van der Waals surface area contributed by atoms with Crippen molar-refractivity contribution in [3.8, 4) is 11.5 Å². The van der Waals surface area contributed by atoms with Crippen LogP contribution in [0.5, 0.6) is 11.5 Å². The third-order valence-electron chi connectivity index (χ3n) is 8.01. The molecule has 244 valence electrons. The molecule has 1 aromatic heterocycles. The van der Waals surface area contributed by atoms with Crippen LogP contribution in [0.3, 0.4) is 0 Å². The maximum absolute atomic E-state index is 13.4. The van der Waals surface area contributed by atoms with Crippen molar-refractivity contribution < 1.29 is 43.3 Å². The standard InChI is InChI=1S/C29H38N6O7.CH2O2/c1-3-25-30-8-11-32(25)10-7-27(37)33-9-4-13-41-24-15-20(5-6-23(24)40-2)21-16-35(17-22(21)31-26(36)18-33)28(38)19-34-12-14-42-29(34)39;2-1-3/h5-6,8,11,15,21-22H,3-4,7,9-10,12-14,16-19H2,1-2H3,(H,31,36);1H,(H,2,3)/t21-,22+;/m1./s1. The first kappa shape index (κ1) is 33.1. The van der Waals surface area contributed by atoms with Gasteiger partial charge in [-0.2, -0.15) is 0 Å². The zero-order chi connectivity index (χ0) is 32.3. The fourth-order valence-corrected chi connectivity index (χ4v) is 5.75. The third kappa shape index (κ3) is 8.42. The van der Waals surface area contributed by atoms with Crippen molar-refractivity contribution in [2.75, 3.05) is 59.6 Å². The molecule has 4 heterocycles. The number of hydrogen-bond donors (Lipinski definition) is 2. The van der Waals surface area contributed by atoms with E-state index < -0.39 is 12.1 Å². The Kier molecular flexibility index (Phi) is 11.6. The van der Waals surface area contributed by atoms with E-state index in [-0.39, 0.29) is 62.8 Å². The Morgan fingerprint density at radius 2 is 1.93 bits per heavy atom. The van der Waals surface area contributed by atoms with Crippen molar-refractivity contribution in [3.05, 3.63) is 42.0 Å². The number of aryl methyl sites for hydroxylation is 2. The number of nitrogens with zero attached hydrogens (tertiary/aromatic N) is 5.